The fraction of sp³-hybridized carbons (Fsp3) is 0.944. The minimum absolute atomic E-state index is 0.274. The predicted octanol–water partition coefficient (Wildman–Crippen LogP) is 2.40. The number of carbonyl (C=O) groups excluding carboxylic acids is 1. The molecular weight excluding hydrogens is 292 g/mol. The van der Waals surface area contributed by atoms with Crippen LogP contribution < -0.4 is 0 Å². The second kappa shape index (κ2) is 11.8. The monoisotopic (exact) mass is 328 g/mol. The molecule has 1 saturated heterocycles. The SMILES string of the molecule is CC(C)CCOCCCC(=O)N1CCN(CCOC(C)C)CC1. The van der Waals surface area contributed by atoms with Crippen LogP contribution in [0.4, 0.5) is 0 Å². The van der Waals surface area contributed by atoms with Gasteiger partial charge in [-0.15, -0.1) is 0 Å². The number of piperazine rings is 1. The second-order valence-electron chi connectivity index (χ2n) is 7.04. The van der Waals surface area contributed by atoms with E-state index in [0.717, 1.165) is 58.8 Å². The maximum absolute atomic E-state index is 12.2. The summed E-state index contributed by atoms with van der Waals surface area (Å²) in [4.78, 5) is 16.5. The van der Waals surface area contributed by atoms with Gasteiger partial charge >= 0.3 is 0 Å². The normalized spacial score (nSPS) is 16.5. The highest BCUT2D eigenvalue weighted by Crippen LogP contribution is 2.06. The number of rotatable bonds is 11. The first-order valence-electron chi connectivity index (χ1n) is 9.18. The molecule has 0 atom stereocenters. The molecule has 0 aromatic heterocycles. The molecule has 1 heterocycles. The summed E-state index contributed by atoms with van der Waals surface area (Å²) >= 11 is 0. The number of ether oxygens (including phenoxy) is 2. The summed E-state index contributed by atoms with van der Waals surface area (Å²) in [5, 5.41) is 0. The van der Waals surface area contributed by atoms with Crippen molar-refractivity contribution in [1.82, 2.24) is 9.80 Å². The molecule has 0 radical (unpaired) electrons. The smallest absolute Gasteiger partial charge is 0.222 e. The van der Waals surface area contributed by atoms with Crippen LogP contribution in [0.5, 0.6) is 0 Å². The lowest BCUT2D eigenvalue weighted by atomic mass is 10.1. The van der Waals surface area contributed by atoms with E-state index in [1.807, 2.05) is 4.90 Å². The molecule has 1 fully saturated rings. The van der Waals surface area contributed by atoms with Crippen molar-refractivity contribution in [3.8, 4) is 0 Å². The average molecular weight is 328 g/mol. The molecule has 0 saturated carbocycles. The van der Waals surface area contributed by atoms with Crippen LogP contribution in [-0.2, 0) is 14.3 Å². The van der Waals surface area contributed by atoms with Gasteiger partial charge in [0.15, 0.2) is 0 Å². The van der Waals surface area contributed by atoms with Crippen molar-refractivity contribution in [1.29, 1.82) is 0 Å². The number of amides is 1. The van der Waals surface area contributed by atoms with Gasteiger partial charge < -0.3 is 14.4 Å². The van der Waals surface area contributed by atoms with Crippen molar-refractivity contribution >= 4 is 5.91 Å². The Morgan fingerprint density at radius 1 is 1.00 bits per heavy atom. The second-order valence-corrected chi connectivity index (χ2v) is 7.04. The number of hydrogen-bond acceptors (Lipinski definition) is 4. The van der Waals surface area contributed by atoms with Crippen LogP contribution in [0.25, 0.3) is 0 Å². The zero-order chi connectivity index (χ0) is 17.1. The molecular formula is C18H36N2O3. The van der Waals surface area contributed by atoms with Gasteiger partial charge in [-0.1, -0.05) is 13.8 Å². The zero-order valence-electron chi connectivity index (χ0n) is 15.6. The molecule has 0 spiro atoms. The van der Waals surface area contributed by atoms with Crippen LogP contribution >= 0.6 is 0 Å². The Morgan fingerprint density at radius 3 is 2.30 bits per heavy atom. The third-order valence-corrected chi connectivity index (χ3v) is 4.10. The van der Waals surface area contributed by atoms with Gasteiger partial charge in [0.2, 0.25) is 5.91 Å². The first kappa shape index (κ1) is 20.4. The molecule has 0 bridgehead atoms. The molecule has 1 rings (SSSR count). The minimum Gasteiger partial charge on any atom is -0.381 e. The third kappa shape index (κ3) is 9.95. The molecule has 136 valence electrons. The fourth-order valence-electron chi connectivity index (χ4n) is 2.54. The fourth-order valence-corrected chi connectivity index (χ4v) is 2.54. The summed E-state index contributed by atoms with van der Waals surface area (Å²) in [6.45, 7) is 15.4. The molecule has 5 heteroatoms. The van der Waals surface area contributed by atoms with Crippen molar-refractivity contribution in [3.05, 3.63) is 0 Å². The lowest BCUT2D eigenvalue weighted by Crippen LogP contribution is -2.49. The maximum atomic E-state index is 12.2. The number of nitrogens with zero attached hydrogens (tertiary/aromatic N) is 2. The summed E-state index contributed by atoms with van der Waals surface area (Å²) in [6.07, 6.45) is 2.83. The molecule has 0 aliphatic carbocycles. The van der Waals surface area contributed by atoms with Gasteiger partial charge in [-0.25, -0.2) is 0 Å². The number of carbonyl (C=O) groups is 1. The van der Waals surface area contributed by atoms with Gasteiger partial charge in [0.05, 0.1) is 12.7 Å². The lowest BCUT2D eigenvalue weighted by Gasteiger charge is -2.34. The van der Waals surface area contributed by atoms with E-state index in [0.29, 0.717) is 25.0 Å². The molecule has 1 amide bonds. The molecule has 5 nitrogen and oxygen atoms in total. The largest absolute Gasteiger partial charge is 0.381 e. The first-order valence-corrected chi connectivity index (χ1v) is 9.18. The van der Waals surface area contributed by atoms with E-state index in [4.69, 9.17) is 9.47 Å². The van der Waals surface area contributed by atoms with Crippen LogP contribution in [0, 0.1) is 5.92 Å². The molecule has 0 N–H and O–H groups in total. The van der Waals surface area contributed by atoms with Crippen LogP contribution in [0.1, 0.15) is 47.0 Å². The Labute approximate surface area is 142 Å². The third-order valence-electron chi connectivity index (χ3n) is 4.10. The highest BCUT2D eigenvalue weighted by atomic mass is 16.5. The Bertz CT molecular complexity index is 313. The van der Waals surface area contributed by atoms with E-state index in [9.17, 15) is 4.79 Å². The summed E-state index contributed by atoms with van der Waals surface area (Å²) < 4.78 is 11.2. The van der Waals surface area contributed by atoms with Crippen molar-refractivity contribution in [3.63, 3.8) is 0 Å². The summed E-state index contributed by atoms with van der Waals surface area (Å²) in [7, 11) is 0. The van der Waals surface area contributed by atoms with Gasteiger partial charge in [-0.05, 0) is 32.6 Å². The van der Waals surface area contributed by atoms with E-state index in [-0.39, 0.29) is 5.91 Å². The number of hydrogen-bond donors (Lipinski definition) is 0. The first-order chi connectivity index (χ1) is 11.0. The predicted molar refractivity (Wildman–Crippen MR) is 93.6 cm³/mol. The van der Waals surface area contributed by atoms with E-state index in [1.54, 1.807) is 0 Å². The van der Waals surface area contributed by atoms with Crippen molar-refractivity contribution in [2.75, 3.05) is 52.5 Å². The van der Waals surface area contributed by atoms with Crippen LogP contribution in [0.2, 0.25) is 0 Å². The topological polar surface area (TPSA) is 42.0 Å². The highest BCUT2D eigenvalue weighted by Gasteiger charge is 2.20. The molecule has 1 aliphatic rings. The van der Waals surface area contributed by atoms with Crippen molar-refractivity contribution in [2.45, 2.75) is 53.1 Å². The van der Waals surface area contributed by atoms with Gasteiger partial charge in [-0.3, -0.25) is 9.69 Å². The Morgan fingerprint density at radius 2 is 1.70 bits per heavy atom. The summed E-state index contributed by atoms with van der Waals surface area (Å²) in [5.74, 6) is 0.953. The molecule has 1 aliphatic heterocycles. The van der Waals surface area contributed by atoms with Gasteiger partial charge in [-0.2, -0.15) is 0 Å². The van der Waals surface area contributed by atoms with Crippen molar-refractivity contribution in [2.24, 2.45) is 5.92 Å². The van der Waals surface area contributed by atoms with Gasteiger partial charge in [0, 0.05) is 52.4 Å². The Balaban J connectivity index is 2.04. The molecule has 0 aromatic rings. The molecule has 0 unspecified atom stereocenters. The van der Waals surface area contributed by atoms with E-state index < -0.39 is 0 Å². The molecule has 23 heavy (non-hydrogen) atoms. The average Bonchev–Trinajstić information content (AvgIpc) is 2.50. The van der Waals surface area contributed by atoms with Crippen LogP contribution in [0.15, 0.2) is 0 Å². The zero-order valence-corrected chi connectivity index (χ0v) is 15.6. The van der Waals surface area contributed by atoms with Crippen LogP contribution in [-0.4, -0.2) is 74.4 Å². The standard InChI is InChI=1S/C18H36N2O3/c1-16(2)7-14-22-13-5-6-18(21)20-10-8-19(9-11-20)12-15-23-17(3)4/h16-17H,5-15H2,1-4H3. The summed E-state index contributed by atoms with van der Waals surface area (Å²) in [5.41, 5.74) is 0. The Hall–Kier alpha value is -0.650. The quantitative estimate of drug-likeness (QED) is 0.546. The van der Waals surface area contributed by atoms with Crippen molar-refractivity contribution < 1.29 is 14.3 Å². The summed E-state index contributed by atoms with van der Waals surface area (Å²) in [6, 6.07) is 0. The van der Waals surface area contributed by atoms with E-state index >= 15 is 0 Å². The maximum Gasteiger partial charge on any atom is 0.222 e. The van der Waals surface area contributed by atoms with Gasteiger partial charge in [0.1, 0.15) is 0 Å². The molecule has 0 aromatic carbocycles. The minimum atomic E-state index is 0.274. The Kier molecular flexibility index (Phi) is 10.5. The van der Waals surface area contributed by atoms with Crippen LogP contribution in [0.3, 0.4) is 0 Å². The van der Waals surface area contributed by atoms with E-state index in [2.05, 4.69) is 32.6 Å². The lowest BCUT2D eigenvalue weighted by molar-refractivity contribution is -0.133. The highest BCUT2D eigenvalue weighted by molar-refractivity contribution is 5.76. The van der Waals surface area contributed by atoms with Gasteiger partial charge in [0.25, 0.3) is 0 Å². The van der Waals surface area contributed by atoms with E-state index in [1.165, 1.54) is 0 Å².